The van der Waals surface area contributed by atoms with Gasteiger partial charge in [0.05, 0.1) is 17.0 Å². The molecule has 0 atom stereocenters. The fraction of sp³-hybridized carbons (Fsp3) is 0.542. The van der Waals surface area contributed by atoms with Crippen LogP contribution in [0.25, 0.3) is 0 Å². The molecule has 0 spiro atoms. The number of aliphatic imine (C=N–C) groups is 2. The number of nitrogens with one attached hydrogen (secondary N) is 1. The number of likely N-dealkylation sites (tertiary alicyclic amines) is 1. The molecule has 30 heavy (non-hydrogen) atoms. The first-order valence-corrected chi connectivity index (χ1v) is 10.9. The lowest BCUT2D eigenvalue weighted by atomic mass is 10.0. The second-order valence-corrected chi connectivity index (χ2v) is 7.67. The Hall–Kier alpha value is -2.31. The summed E-state index contributed by atoms with van der Waals surface area (Å²) in [5.74, 6) is -0.138. The van der Waals surface area contributed by atoms with Gasteiger partial charge in [-0.25, -0.2) is 0 Å². The van der Waals surface area contributed by atoms with Crippen LogP contribution in [0.5, 0.6) is 0 Å². The molecule has 1 rings (SSSR count). The third kappa shape index (κ3) is 9.94. The van der Waals surface area contributed by atoms with Gasteiger partial charge in [0, 0.05) is 12.3 Å². The van der Waals surface area contributed by atoms with E-state index in [-0.39, 0.29) is 11.9 Å². The Balaban J connectivity index is 2.93. The molecule has 0 aliphatic carbocycles. The van der Waals surface area contributed by atoms with Crippen molar-refractivity contribution in [1.29, 1.82) is 0 Å². The SMILES string of the molecule is C=C/C=C(C=C)/N=C/C(C(=O)NC1CCN(C)CC1)=C(/CCCCCCCN)N=C. The van der Waals surface area contributed by atoms with Crippen LogP contribution in [0.3, 0.4) is 0 Å². The third-order valence-electron chi connectivity index (χ3n) is 5.26. The Kier molecular flexibility index (Phi) is 13.3. The van der Waals surface area contributed by atoms with Crippen molar-refractivity contribution >= 4 is 18.8 Å². The van der Waals surface area contributed by atoms with Gasteiger partial charge in [-0.2, -0.15) is 0 Å². The van der Waals surface area contributed by atoms with Gasteiger partial charge >= 0.3 is 0 Å². The number of rotatable bonds is 14. The molecule has 0 aromatic heterocycles. The van der Waals surface area contributed by atoms with Gasteiger partial charge in [0.15, 0.2) is 0 Å². The third-order valence-corrected chi connectivity index (χ3v) is 5.26. The van der Waals surface area contributed by atoms with Crippen molar-refractivity contribution in [2.75, 3.05) is 26.7 Å². The second kappa shape index (κ2) is 15.5. The molecule has 1 aliphatic rings. The van der Waals surface area contributed by atoms with E-state index in [0.29, 0.717) is 23.4 Å². The van der Waals surface area contributed by atoms with Crippen molar-refractivity contribution in [3.8, 4) is 0 Å². The van der Waals surface area contributed by atoms with E-state index in [1.54, 1.807) is 24.4 Å². The average molecular weight is 414 g/mol. The van der Waals surface area contributed by atoms with Gasteiger partial charge in [-0.3, -0.25) is 14.8 Å². The topological polar surface area (TPSA) is 83.1 Å². The molecule has 1 aliphatic heterocycles. The van der Waals surface area contributed by atoms with Crippen LogP contribution in [0.15, 0.2) is 58.3 Å². The van der Waals surface area contributed by atoms with E-state index in [9.17, 15) is 4.79 Å². The zero-order valence-corrected chi connectivity index (χ0v) is 18.6. The first-order valence-electron chi connectivity index (χ1n) is 10.9. The summed E-state index contributed by atoms with van der Waals surface area (Å²) in [6.07, 6.45) is 14.5. The van der Waals surface area contributed by atoms with E-state index in [0.717, 1.165) is 64.6 Å². The summed E-state index contributed by atoms with van der Waals surface area (Å²) in [7, 11) is 2.10. The van der Waals surface area contributed by atoms with Gasteiger partial charge < -0.3 is 16.0 Å². The smallest absolute Gasteiger partial charge is 0.254 e. The summed E-state index contributed by atoms with van der Waals surface area (Å²) >= 11 is 0. The molecule has 1 amide bonds. The van der Waals surface area contributed by atoms with Crippen molar-refractivity contribution < 1.29 is 4.79 Å². The van der Waals surface area contributed by atoms with Crippen molar-refractivity contribution in [1.82, 2.24) is 10.2 Å². The number of amides is 1. The van der Waals surface area contributed by atoms with Gasteiger partial charge in [0.25, 0.3) is 5.91 Å². The van der Waals surface area contributed by atoms with Gasteiger partial charge in [-0.05, 0) is 77.7 Å². The molecule has 6 nitrogen and oxygen atoms in total. The number of piperidine rings is 1. The lowest BCUT2D eigenvalue weighted by Gasteiger charge is -2.29. The van der Waals surface area contributed by atoms with Gasteiger partial charge in [0.1, 0.15) is 0 Å². The minimum atomic E-state index is -0.138. The molecule has 1 heterocycles. The standard InChI is InChI=1S/C24H39N5O/c1-5-12-20(6-2)27-19-22(23(26-3)13-10-8-7-9-11-16-25)24(30)28-21-14-17-29(4)18-15-21/h5-6,12,19,21H,1-3,7-11,13-18,25H2,4H3,(H,28,30)/b20-12+,23-22+,27-19+. The Bertz CT molecular complexity index is 655. The maximum atomic E-state index is 13.1. The highest BCUT2D eigenvalue weighted by Crippen LogP contribution is 2.17. The van der Waals surface area contributed by atoms with E-state index >= 15 is 0 Å². The van der Waals surface area contributed by atoms with Crippen molar-refractivity contribution in [3.05, 3.63) is 48.4 Å². The number of unbranched alkanes of at least 4 members (excludes halogenated alkanes) is 4. The van der Waals surface area contributed by atoms with Crippen LogP contribution in [0, 0.1) is 0 Å². The summed E-state index contributed by atoms with van der Waals surface area (Å²) in [5, 5.41) is 3.16. The molecule has 0 aromatic carbocycles. The largest absolute Gasteiger partial charge is 0.349 e. The highest BCUT2D eigenvalue weighted by atomic mass is 16.1. The average Bonchev–Trinajstić information content (AvgIpc) is 2.75. The van der Waals surface area contributed by atoms with E-state index in [1.807, 2.05) is 0 Å². The van der Waals surface area contributed by atoms with Crippen LogP contribution in [-0.2, 0) is 4.79 Å². The van der Waals surface area contributed by atoms with Crippen LogP contribution < -0.4 is 11.1 Å². The Morgan fingerprint density at radius 1 is 1.17 bits per heavy atom. The molecular formula is C24H39N5O. The van der Waals surface area contributed by atoms with Gasteiger partial charge in [-0.15, -0.1) is 0 Å². The molecule has 3 N–H and O–H groups in total. The molecule has 1 fully saturated rings. The zero-order valence-electron chi connectivity index (χ0n) is 18.6. The maximum Gasteiger partial charge on any atom is 0.254 e. The molecule has 0 bridgehead atoms. The number of carbonyl (C=O) groups is 1. The molecule has 166 valence electrons. The number of carbonyl (C=O) groups excluding carboxylic acids is 1. The Morgan fingerprint density at radius 2 is 1.83 bits per heavy atom. The maximum absolute atomic E-state index is 13.1. The number of hydrogen-bond acceptors (Lipinski definition) is 5. The molecule has 0 unspecified atom stereocenters. The number of nitrogens with two attached hydrogens (primary N) is 1. The summed E-state index contributed by atoms with van der Waals surface area (Å²) in [6.45, 7) is 13.9. The van der Waals surface area contributed by atoms with Crippen molar-refractivity contribution in [2.45, 2.75) is 57.4 Å². The zero-order chi connectivity index (χ0) is 22.2. The minimum Gasteiger partial charge on any atom is -0.349 e. The highest BCUT2D eigenvalue weighted by Gasteiger charge is 2.21. The molecule has 6 heteroatoms. The lowest BCUT2D eigenvalue weighted by Crippen LogP contribution is -2.44. The highest BCUT2D eigenvalue weighted by molar-refractivity contribution is 6.13. The van der Waals surface area contributed by atoms with Crippen LogP contribution in [-0.4, -0.2) is 56.5 Å². The summed E-state index contributed by atoms with van der Waals surface area (Å²) in [6, 6.07) is 0.169. The molecule has 1 saturated heterocycles. The quantitative estimate of drug-likeness (QED) is 0.197. The van der Waals surface area contributed by atoms with Crippen LogP contribution in [0.4, 0.5) is 0 Å². The van der Waals surface area contributed by atoms with Gasteiger partial charge in [0.2, 0.25) is 0 Å². The summed E-state index contributed by atoms with van der Waals surface area (Å²) in [4.78, 5) is 24.0. The predicted molar refractivity (Wildman–Crippen MR) is 129 cm³/mol. The molecule has 0 aromatic rings. The van der Waals surface area contributed by atoms with Crippen LogP contribution >= 0.6 is 0 Å². The van der Waals surface area contributed by atoms with E-state index < -0.39 is 0 Å². The van der Waals surface area contributed by atoms with E-state index in [2.05, 4.69) is 47.1 Å². The van der Waals surface area contributed by atoms with E-state index in [4.69, 9.17) is 5.73 Å². The lowest BCUT2D eigenvalue weighted by molar-refractivity contribution is -0.118. The van der Waals surface area contributed by atoms with E-state index in [1.165, 1.54) is 0 Å². The van der Waals surface area contributed by atoms with Crippen molar-refractivity contribution in [3.63, 3.8) is 0 Å². The minimum absolute atomic E-state index is 0.138. The fourth-order valence-corrected chi connectivity index (χ4v) is 3.37. The van der Waals surface area contributed by atoms with Gasteiger partial charge in [-0.1, -0.05) is 38.5 Å². The first kappa shape index (κ1) is 25.7. The van der Waals surface area contributed by atoms with Crippen molar-refractivity contribution in [2.24, 2.45) is 15.7 Å². The molecule has 0 radical (unpaired) electrons. The Morgan fingerprint density at radius 3 is 2.43 bits per heavy atom. The molecule has 0 saturated carbocycles. The number of hydrogen-bond donors (Lipinski definition) is 2. The van der Waals surface area contributed by atoms with Crippen LogP contribution in [0.2, 0.25) is 0 Å². The monoisotopic (exact) mass is 413 g/mol. The summed E-state index contributed by atoms with van der Waals surface area (Å²) < 4.78 is 0. The Labute approximate surface area is 182 Å². The summed E-state index contributed by atoms with van der Waals surface area (Å²) in [5.41, 5.74) is 7.35. The molecular weight excluding hydrogens is 374 g/mol. The second-order valence-electron chi connectivity index (χ2n) is 7.67. The first-order chi connectivity index (χ1) is 14.5. The fourth-order valence-electron chi connectivity index (χ4n) is 3.37. The van der Waals surface area contributed by atoms with Crippen LogP contribution in [0.1, 0.15) is 51.4 Å². The number of allylic oxidation sites excluding steroid dienone is 4. The normalized spacial score (nSPS) is 16.9. The number of nitrogens with zero attached hydrogens (tertiary/aromatic N) is 3. The predicted octanol–water partition coefficient (Wildman–Crippen LogP) is 3.78.